The monoisotopic (exact) mass is 391 g/mol. The van der Waals surface area contributed by atoms with Gasteiger partial charge in [0, 0.05) is 18.8 Å². The van der Waals surface area contributed by atoms with Crippen LogP contribution in [0, 0.1) is 12.7 Å². The van der Waals surface area contributed by atoms with Crippen LogP contribution in [0.25, 0.3) is 0 Å². The normalized spacial score (nSPS) is 13.8. The van der Waals surface area contributed by atoms with Crippen molar-refractivity contribution in [2.75, 3.05) is 28.8 Å². The van der Waals surface area contributed by atoms with Gasteiger partial charge in [0.25, 0.3) is 0 Å². The Morgan fingerprint density at radius 1 is 0.793 bits per heavy atom. The SMILES string of the molecule is Cc1cc(N2CCCCC2)ccc1NNc1ccc(Oc2ccc(F)cc2)cc1. The Labute approximate surface area is 171 Å². The van der Waals surface area contributed by atoms with Crippen LogP contribution >= 0.6 is 0 Å². The summed E-state index contributed by atoms with van der Waals surface area (Å²) in [4.78, 5) is 2.47. The summed E-state index contributed by atoms with van der Waals surface area (Å²) in [6.45, 7) is 4.42. The first-order valence-electron chi connectivity index (χ1n) is 10.1. The fourth-order valence-electron chi connectivity index (χ4n) is 3.52. The molecule has 0 radical (unpaired) electrons. The molecule has 4 rings (SSSR count). The van der Waals surface area contributed by atoms with E-state index in [1.165, 1.54) is 42.6 Å². The van der Waals surface area contributed by atoms with Crippen molar-refractivity contribution < 1.29 is 9.13 Å². The topological polar surface area (TPSA) is 36.5 Å². The Bertz CT molecular complexity index is 935. The third kappa shape index (κ3) is 4.99. The number of hydrazine groups is 1. The van der Waals surface area contributed by atoms with Crippen LogP contribution in [0.4, 0.5) is 21.5 Å². The predicted molar refractivity (Wildman–Crippen MR) is 117 cm³/mol. The number of benzene rings is 3. The molecular weight excluding hydrogens is 365 g/mol. The van der Waals surface area contributed by atoms with Crippen LogP contribution in [0.5, 0.6) is 11.5 Å². The second kappa shape index (κ2) is 8.86. The second-order valence-corrected chi connectivity index (χ2v) is 7.38. The Morgan fingerprint density at radius 3 is 2.10 bits per heavy atom. The summed E-state index contributed by atoms with van der Waals surface area (Å²) in [6.07, 6.45) is 3.90. The van der Waals surface area contributed by atoms with Crippen LogP contribution in [0.1, 0.15) is 24.8 Å². The lowest BCUT2D eigenvalue weighted by atomic mass is 10.1. The highest BCUT2D eigenvalue weighted by atomic mass is 19.1. The van der Waals surface area contributed by atoms with Crippen LogP contribution < -0.4 is 20.5 Å². The lowest BCUT2D eigenvalue weighted by molar-refractivity contribution is 0.480. The average Bonchev–Trinajstić information content (AvgIpc) is 2.76. The van der Waals surface area contributed by atoms with Crippen LogP contribution in [0.2, 0.25) is 0 Å². The summed E-state index contributed by atoms with van der Waals surface area (Å²) in [5, 5.41) is 0. The van der Waals surface area contributed by atoms with E-state index in [-0.39, 0.29) is 5.82 Å². The van der Waals surface area contributed by atoms with Gasteiger partial charge in [0.05, 0.1) is 11.4 Å². The van der Waals surface area contributed by atoms with Crippen molar-refractivity contribution in [3.8, 4) is 11.5 Å². The molecule has 0 atom stereocenters. The molecule has 150 valence electrons. The molecule has 1 aliphatic heterocycles. The van der Waals surface area contributed by atoms with Gasteiger partial charge < -0.3 is 20.5 Å². The number of hydrogen-bond acceptors (Lipinski definition) is 4. The Hall–Kier alpha value is -3.21. The smallest absolute Gasteiger partial charge is 0.127 e. The van der Waals surface area contributed by atoms with Gasteiger partial charge in [0.1, 0.15) is 17.3 Å². The predicted octanol–water partition coefficient (Wildman–Crippen LogP) is 6.36. The zero-order valence-electron chi connectivity index (χ0n) is 16.6. The maximum absolute atomic E-state index is 13.0. The molecule has 0 unspecified atom stereocenters. The number of nitrogens with zero attached hydrogens (tertiary/aromatic N) is 1. The van der Waals surface area contributed by atoms with Crippen LogP contribution in [0.3, 0.4) is 0 Å². The molecule has 29 heavy (non-hydrogen) atoms. The number of anilines is 3. The minimum Gasteiger partial charge on any atom is -0.457 e. The van der Waals surface area contributed by atoms with Gasteiger partial charge in [-0.25, -0.2) is 4.39 Å². The van der Waals surface area contributed by atoms with Gasteiger partial charge in [-0.05, 0) is 98.5 Å². The first-order valence-corrected chi connectivity index (χ1v) is 10.1. The van der Waals surface area contributed by atoms with E-state index in [1.54, 1.807) is 12.1 Å². The van der Waals surface area contributed by atoms with Gasteiger partial charge >= 0.3 is 0 Å². The number of piperidine rings is 1. The molecule has 0 aromatic heterocycles. The van der Waals surface area contributed by atoms with Gasteiger partial charge in [-0.15, -0.1) is 0 Å². The average molecular weight is 391 g/mol. The minimum atomic E-state index is -0.276. The molecule has 1 saturated heterocycles. The van der Waals surface area contributed by atoms with Gasteiger partial charge in [-0.3, -0.25) is 0 Å². The van der Waals surface area contributed by atoms with E-state index in [9.17, 15) is 4.39 Å². The van der Waals surface area contributed by atoms with E-state index in [0.717, 1.165) is 24.5 Å². The molecule has 0 amide bonds. The van der Waals surface area contributed by atoms with Crippen molar-refractivity contribution in [1.82, 2.24) is 0 Å². The first-order chi connectivity index (χ1) is 14.2. The van der Waals surface area contributed by atoms with Crippen molar-refractivity contribution in [3.63, 3.8) is 0 Å². The lowest BCUT2D eigenvalue weighted by Crippen LogP contribution is -2.29. The molecule has 5 heteroatoms. The molecule has 1 aliphatic rings. The molecule has 1 fully saturated rings. The van der Waals surface area contributed by atoms with Gasteiger partial charge in [-0.1, -0.05) is 0 Å². The summed E-state index contributed by atoms with van der Waals surface area (Å²) >= 11 is 0. The highest BCUT2D eigenvalue weighted by Gasteiger charge is 2.11. The van der Waals surface area contributed by atoms with Crippen LogP contribution in [0.15, 0.2) is 66.7 Å². The van der Waals surface area contributed by atoms with E-state index < -0.39 is 0 Å². The van der Waals surface area contributed by atoms with Crippen molar-refractivity contribution >= 4 is 17.1 Å². The number of nitrogens with one attached hydrogen (secondary N) is 2. The van der Waals surface area contributed by atoms with Crippen molar-refractivity contribution in [2.45, 2.75) is 26.2 Å². The molecule has 0 bridgehead atoms. The number of ether oxygens (including phenoxy) is 1. The number of hydrogen-bond donors (Lipinski definition) is 2. The Kier molecular flexibility index (Phi) is 5.84. The summed E-state index contributed by atoms with van der Waals surface area (Å²) in [5.74, 6) is 1.03. The zero-order chi connectivity index (χ0) is 20.1. The molecular formula is C24H26FN3O. The van der Waals surface area contributed by atoms with E-state index >= 15 is 0 Å². The van der Waals surface area contributed by atoms with E-state index in [1.807, 2.05) is 24.3 Å². The van der Waals surface area contributed by atoms with E-state index in [2.05, 4.69) is 40.9 Å². The number of aryl methyl sites for hydroxylation is 1. The number of rotatable bonds is 6. The van der Waals surface area contributed by atoms with Crippen LogP contribution in [-0.2, 0) is 0 Å². The maximum atomic E-state index is 13.0. The first kappa shape index (κ1) is 19.1. The molecule has 2 N–H and O–H groups in total. The lowest BCUT2D eigenvalue weighted by Gasteiger charge is -2.29. The fourth-order valence-corrected chi connectivity index (χ4v) is 3.52. The standard InChI is InChI=1S/C24H26FN3O/c1-18-17-21(28-15-3-2-4-16-28)9-14-24(18)27-26-20-7-12-23(13-8-20)29-22-10-5-19(25)6-11-22/h5-14,17,26-27H,2-4,15-16H2,1H3. The van der Waals surface area contributed by atoms with Crippen molar-refractivity contribution in [2.24, 2.45) is 0 Å². The van der Waals surface area contributed by atoms with E-state index in [4.69, 9.17) is 4.74 Å². The molecule has 0 aliphatic carbocycles. The highest BCUT2D eigenvalue weighted by Crippen LogP contribution is 2.26. The van der Waals surface area contributed by atoms with Crippen LogP contribution in [-0.4, -0.2) is 13.1 Å². The molecule has 3 aromatic carbocycles. The minimum absolute atomic E-state index is 0.276. The third-order valence-corrected chi connectivity index (χ3v) is 5.18. The molecule has 4 nitrogen and oxygen atoms in total. The molecule has 0 spiro atoms. The van der Waals surface area contributed by atoms with Gasteiger partial charge in [0.15, 0.2) is 0 Å². The molecule has 0 saturated carbocycles. The highest BCUT2D eigenvalue weighted by molar-refractivity contribution is 5.63. The largest absolute Gasteiger partial charge is 0.457 e. The molecule has 3 aromatic rings. The van der Waals surface area contributed by atoms with Gasteiger partial charge in [-0.2, -0.15) is 0 Å². The van der Waals surface area contributed by atoms with E-state index in [0.29, 0.717) is 11.5 Å². The zero-order valence-corrected chi connectivity index (χ0v) is 16.6. The van der Waals surface area contributed by atoms with Crippen molar-refractivity contribution in [1.29, 1.82) is 0 Å². The fraction of sp³-hybridized carbons (Fsp3) is 0.250. The van der Waals surface area contributed by atoms with Gasteiger partial charge in [0.2, 0.25) is 0 Å². The maximum Gasteiger partial charge on any atom is 0.127 e. The quantitative estimate of drug-likeness (QED) is 0.480. The van der Waals surface area contributed by atoms with Crippen molar-refractivity contribution in [3.05, 3.63) is 78.1 Å². The third-order valence-electron chi connectivity index (χ3n) is 5.18. The molecule has 1 heterocycles. The second-order valence-electron chi connectivity index (χ2n) is 7.38. The summed E-state index contributed by atoms with van der Waals surface area (Å²) < 4.78 is 18.7. The summed E-state index contributed by atoms with van der Waals surface area (Å²) in [7, 11) is 0. The summed E-state index contributed by atoms with van der Waals surface area (Å²) in [5.41, 5.74) is 11.0. The summed E-state index contributed by atoms with van der Waals surface area (Å²) in [6, 6.07) is 20.2. The number of halogens is 1. The Balaban J connectivity index is 1.34. The Morgan fingerprint density at radius 2 is 1.45 bits per heavy atom.